The summed E-state index contributed by atoms with van der Waals surface area (Å²) in [5.74, 6) is -0.246. The Kier molecular flexibility index (Phi) is 6.54. The van der Waals surface area contributed by atoms with Crippen LogP contribution in [0.2, 0.25) is 5.02 Å². The van der Waals surface area contributed by atoms with Gasteiger partial charge in [-0.15, -0.1) is 0 Å². The Bertz CT molecular complexity index is 1020. The molecule has 0 radical (unpaired) electrons. The summed E-state index contributed by atoms with van der Waals surface area (Å²) >= 11 is 6.25. The first-order valence-electron chi connectivity index (χ1n) is 9.96. The lowest BCUT2D eigenvalue weighted by atomic mass is 10.2. The summed E-state index contributed by atoms with van der Waals surface area (Å²) in [7, 11) is -3.76. The molecule has 2 aliphatic rings. The highest BCUT2D eigenvalue weighted by molar-refractivity contribution is 7.89. The molecule has 2 fully saturated rings. The van der Waals surface area contributed by atoms with Crippen molar-refractivity contribution >= 4 is 38.3 Å². The maximum atomic E-state index is 13.3. The zero-order chi connectivity index (χ0) is 21.1. The molecule has 2 saturated heterocycles. The third-order valence-electron chi connectivity index (χ3n) is 5.40. The van der Waals surface area contributed by atoms with Crippen LogP contribution in [0.1, 0.15) is 19.3 Å². The molecule has 8 nitrogen and oxygen atoms in total. The number of benzene rings is 1. The van der Waals surface area contributed by atoms with Gasteiger partial charge in [-0.25, -0.2) is 8.42 Å². The summed E-state index contributed by atoms with van der Waals surface area (Å²) in [6, 6.07) is 4.74. The molecule has 30 heavy (non-hydrogen) atoms. The first-order valence-corrected chi connectivity index (χ1v) is 11.8. The van der Waals surface area contributed by atoms with E-state index in [0.29, 0.717) is 35.4 Å². The van der Waals surface area contributed by atoms with Gasteiger partial charge < -0.3 is 14.8 Å². The van der Waals surface area contributed by atoms with Gasteiger partial charge in [-0.1, -0.05) is 23.7 Å². The van der Waals surface area contributed by atoms with Gasteiger partial charge in [0.05, 0.1) is 22.6 Å². The van der Waals surface area contributed by atoms with E-state index in [2.05, 4.69) is 10.3 Å². The second-order valence-electron chi connectivity index (χ2n) is 7.54. The standard InChI is InChI=1S/C20H24ClN3O5S/c21-17-10-22-9-14-3-1-5-18(20(14)17)30(26,27)24-7-6-15(11-24)23-19(25)13-29-16-4-2-8-28-12-16/h1,3,5,9-10,15-16H,2,4,6-8,11-13H2,(H,23,25)/t15-,16?/m0/s1. The van der Waals surface area contributed by atoms with Crippen molar-refractivity contribution in [2.45, 2.75) is 36.3 Å². The zero-order valence-electron chi connectivity index (χ0n) is 16.4. The number of carbonyl (C=O) groups is 1. The van der Waals surface area contributed by atoms with E-state index in [1.54, 1.807) is 24.4 Å². The fourth-order valence-electron chi connectivity index (χ4n) is 3.88. The zero-order valence-corrected chi connectivity index (χ0v) is 18.0. The minimum absolute atomic E-state index is 0.0524. The van der Waals surface area contributed by atoms with Crippen LogP contribution in [0, 0.1) is 0 Å². The molecule has 2 atom stereocenters. The Morgan fingerprint density at radius 1 is 1.33 bits per heavy atom. The van der Waals surface area contributed by atoms with Crippen molar-refractivity contribution in [3.05, 3.63) is 35.6 Å². The van der Waals surface area contributed by atoms with Gasteiger partial charge in [0.25, 0.3) is 0 Å². The van der Waals surface area contributed by atoms with Gasteiger partial charge in [-0.05, 0) is 25.3 Å². The van der Waals surface area contributed by atoms with Crippen molar-refractivity contribution in [3.63, 3.8) is 0 Å². The van der Waals surface area contributed by atoms with Crippen LogP contribution in [-0.2, 0) is 24.3 Å². The number of fused-ring (bicyclic) bond motifs is 1. The second-order valence-corrected chi connectivity index (χ2v) is 9.86. The molecule has 162 valence electrons. The summed E-state index contributed by atoms with van der Waals surface area (Å²) in [6.07, 6.45) is 5.31. The summed E-state index contributed by atoms with van der Waals surface area (Å²) in [4.78, 5) is 16.4. The number of halogens is 1. The number of amides is 1. The molecule has 1 aromatic carbocycles. The third-order valence-corrected chi connectivity index (χ3v) is 7.60. The van der Waals surface area contributed by atoms with E-state index in [-0.39, 0.29) is 36.1 Å². The Balaban J connectivity index is 1.40. The highest BCUT2D eigenvalue weighted by Gasteiger charge is 2.34. The van der Waals surface area contributed by atoms with E-state index in [1.165, 1.54) is 10.5 Å². The van der Waals surface area contributed by atoms with E-state index >= 15 is 0 Å². The minimum Gasteiger partial charge on any atom is -0.379 e. The maximum Gasteiger partial charge on any atom is 0.246 e. The van der Waals surface area contributed by atoms with E-state index in [0.717, 1.165) is 19.4 Å². The van der Waals surface area contributed by atoms with Crippen molar-refractivity contribution in [2.75, 3.05) is 32.9 Å². The number of pyridine rings is 1. The van der Waals surface area contributed by atoms with Gasteiger partial charge in [0.15, 0.2) is 0 Å². The smallest absolute Gasteiger partial charge is 0.246 e. The van der Waals surface area contributed by atoms with Gasteiger partial charge in [0, 0.05) is 48.9 Å². The van der Waals surface area contributed by atoms with Crippen molar-refractivity contribution in [3.8, 4) is 0 Å². The summed E-state index contributed by atoms with van der Waals surface area (Å²) in [6.45, 7) is 1.72. The van der Waals surface area contributed by atoms with Crippen LogP contribution in [0.5, 0.6) is 0 Å². The number of sulfonamides is 1. The molecule has 2 aliphatic heterocycles. The van der Waals surface area contributed by atoms with Crippen LogP contribution < -0.4 is 5.32 Å². The van der Waals surface area contributed by atoms with Crippen molar-refractivity contribution in [1.82, 2.24) is 14.6 Å². The number of ether oxygens (including phenoxy) is 2. The predicted octanol–water partition coefficient (Wildman–Crippen LogP) is 1.96. The average Bonchev–Trinajstić information content (AvgIpc) is 3.22. The molecule has 1 aromatic heterocycles. The largest absolute Gasteiger partial charge is 0.379 e. The van der Waals surface area contributed by atoms with Crippen LogP contribution in [0.3, 0.4) is 0 Å². The molecule has 1 unspecified atom stereocenters. The molecule has 3 heterocycles. The van der Waals surface area contributed by atoms with Crippen molar-refractivity contribution in [1.29, 1.82) is 0 Å². The van der Waals surface area contributed by atoms with E-state index in [4.69, 9.17) is 21.1 Å². The Morgan fingerprint density at radius 2 is 2.20 bits per heavy atom. The van der Waals surface area contributed by atoms with Crippen LogP contribution in [-0.4, -0.2) is 68.7 Å². The quantitative estimate of drug-likeness (QED) is 0.718. The molecule has 0 aliphatic carbocycles. The highest BCUT2D eigenvalue weighted by atomic mass is 35.5. The fraction of sp³-hybridized carbons (Fsp3) is 0.500. The molecule has 1 N–H and O–H groups in total. The average molecular weight is 454 g/mol. The van der Waals surface area contributed by atoms with Gasteiger partial charge in [-0.3, -0.25) is 9.78 Å². The van der Waals surface area contributed by atoms with Gasteiger partial charge in [0.2, 0.25) is 15.9 Å². The topological polar surface area (TPSA) is 97.8 Å². The number of hydrogen-bond donors (Lipinski definition) is 1. The van der Waals surface area contributed by atoms with Crippen molar-refractivity contribution in [2.24, 2.45) is 0 Å². The Morgan fingerprint density at radius 3 is 3.00 bits per heavy atom. The molecule has 2 aromatic rings. The normalized spacial score (nSPS) is 23.0. The molecular formula is C20H24ClN3O5S. The summed E-state index contributed by atoms with van der Waals surface area (Å²) < 4.78 is 38.8. The number of nitrogens with one attached hydrogen (secondary N) is 1. The maximum absolute atomic E-state index is 13.3. The van der Waals surface area contributed by atoms with E-state index in [1.807, 2.05) is 0 Å². The second kappa shape index (κ2) is 9.15. The molecular weight excluding hydrogens is 430 g/mol. The number of rotatable bonds is 6. The molecule has 4 rings (SSSR count). The number of carbonyl (C=O) groups excluding carboxylic acids is 1. The van der Waals surface area contributed by atoms with Gasteiger partial charge in [0.1, 0.15) is 6.61 Å². The van der Waals surface area contributed by atoms with Crippen LogP contribution >= 0.6 is 11.6 Å². The van der Waals surface area contributed by atoms with Gasteiger partial charge in [-0.2, -0.15) is 4.31 Å². The first-order chi connectivity index (χ1) is 14.4. The monoisotopic (exact) mass is 453 g/mol. The van der Waals surface area contributed by atoms with Gasteiger partial charge >= 0.3 is 0 Å². The van der Waals surface area contributed by atoms with Crippen molar-refractivity contribution < 1.29 is 22.7 Å². The van der Waals surface area contributed by atoms with Crippen LogP contribution in [0.15, 0.2) is 35.5 Å². The lowest BCUT2D eigenvalue weighted by Gasteiger charge is -2.22. The number of hydrogen-bond acceptors (Lipinski definition) is 6. The first kappa shape index (κ1) is 21.5. The number of nitrogens with zero attached hydrogens (tertiary/aromatic N) is 2. The minimum atomic E-state index is -3.76. The van der Waals surface area contributed by atoms with E-state index in [9.17, 15) is 13.2 Å². The summed E-state index contributed by atoms with van der Waals surface area (Å²) in [5.41, 5.74) is 0. The lowest BCUT2D eigenvalue weighted by molar-refractivity contribution is -0.131. The Hall–Kier alpha value is -1.78. The lowest BCUT2D eigenvalue weighted by Crippen LogP contribution is -2.41. The van der Waals surface area contributed by atoms with E-state index < -0.39 is 10.0 Å². The molecule has 1 amide bonds. The molecule has 0 saturated carbocycles. The third kappa shape index (κ3) is 4.60. The molecule has 10 heteroatoms. The predicted molar refractivity (Wildman–Crippen MR) is 112 cm³/mol. The molecule has 0 bridgehead atoms. The fourth-order valence-corrected chi connectivity index (χ4v) is 5.94. The SMILES string of the molecule is O=C(COC1CCCOC1)N[C@H]1CCN(S(=O)(=O)c2cccc3cncc(Cl)c23)C1. The Labute approximate surface area is 180 Å². The molecule has 0 spiro atoms. The number of aromatic nitrogens is 1. The van der Waals surface area contributed by atoms with Crippen LogP contribution in [0.4, 0.5) is 0 Å². The van der Waals surface area contributed by atoms with Crippen LogP contribution in [0.25, 0.3) is 10.8 Å². The summed E-state index contributed by atoms with van der Waals surface area (Å²) in [5, 5.41) is 4.29. The highest BCUT2D eigenvalue weighted by Crippen LogP contribution is 2.32.